The maximum absolute atomic E-state index is 13.6. The molecule has 188 valence electrons. The van der Waals surface area contributed by atoms with Gasteiger partial charge < -0.3 is 4.74 Å². The Morgan fingerprint density at radius 1 is 1.14 bits per heavy atom. The van der Waals surface area contributed by atoms with Gasteiger partial charge in [0.05, 0.1) is 17.5 Å². The zero-order chi connectivity index (χ0) is 25.2. The monoisotopic (exact) mass is 482 g/mol. The van der Waals surface area contributed by atoms with Crippen molar-refractivity contribution < 1.29 is 9.53 Å². The molecule has 3 fully saturated rings. The highest BCUT2D eigenvalue weighted by Crippen LogP contribution is 2.43. The van der Waals surface area contributed by atoms with E-state index >= 15 is 0 Å². The number of carbonyl (C=O) groups excluding carboxylic acids is 1. The molecule has 3 aromatic rings. The Bertz CT molecular complexity index is 1210. The lowest BCUT2D eigenvalue weighted by atomic mass is 9.73. The van der Waals surface area contributed by atoms with Crippen molar-refractivity contribution in [1.82, 2.24) is 9.88 Å². The van der Waals surface area contributed by atoms with Gasteiger partial charge in [0, 0.05) is 23.7 Å². The number of hydrogen-bond donors (Lipinski definition) is 0. The first-order chi connectivity index (χ1) is 17.4. The number of para-hydroxylation sites is 1. The van der Waals surface area contributed by atoms with Crippen molar-refractivity contribution >= 4 is 16.9 Å². The van der Waals surface area contributed by atoms with E-state index in [0.29, 0.717) is 17.8 Å². The van der Waals surface area contributed by atoms with E-state index < -0.39 is 0 Å². The van der Waals surface area contributed by atoms with Crippen molar-refractivity contribution in [2.24, 2.45) is 17.8 Å². The maximum Gasteiger partial charge on any atom is 0.313 e. The molecule has 0 saturated carbocycles. The molecule has 4 heterocycles. The van der Waals surface area contributed by atoms with Crippen LogP contribution in [0.1, 0.15) is 62.3 Å². The van der Waals surface area contributed by atoms with Gasteiger partial charge in [-0.2, -0.15) is 0 Å². The second-order valence-corrected chi connectivity index (χ2v) is 11.1. The molecule has 36 heavy (non-hydrogen) atoms. The second-order valence-electron chi connectivity index (χ2n) is 11.1. The first-order valence-electron chi connectivity index (χ1n) is 13.4. The highest BCUT2D eigenvalue weighted by atomic mass is 16.5. The Morgan fingerprint density at radius 2 is 1.92 bits per heavy atom. The van der Waals surface area contributed by atoms with Crippen LogP contribution in [0.25, 0.3) is 10.9 Å². The number of piperidine rings is 3. The molecule has 4 nitrogen and oxygen atoms in total. The Morgan fingerprint density at radius 3 is 2.61 bits per heavy atom. The topological polar surface area (TPSA) is 42.4 Å². The number of ether oxygens (including phenoxy) is 1. The van der Waals surface area contributed by atoms with Crippen molar-refractivity contribution in [3.63, 3.8) is 0 Å². The minimum atomic E-state index is -0.332. The third-order valence-electron chi connectivity index (χ3n) is 8.21. The highest BCUT2D eigenvalue weighted by molar-refractivity contribution is 5.83. The molecule has 0 aliphatic carbocycles. The summed E-state index contributed by atoms with van der Waals surface area (Å²) >= 11 is 0. The molecule has 3 aliphatic rings. The predicted octanol–water partition coefficient (Wildman–Crippen LogP) is 6.72. The van der Waals surface area contributed by atoms with Gasteiger partial charge in [-0.1, -0.05) is 62.4 Å². The third kappa shape index (κ3) is 4.97. The molecule has 2 bridgehead atoms. The number of rotatable bonds is 8. The summed E-state index contributed by atoms with van der Waals surface area (Å²) in [5, 5.41) is 1.06. The number of fused-ring (bicyclic) bond motifs is 4. The zero-order valence-electron chi connectivity index (χ0n) is 21.8. The lowest BCUT2D eigenvalue weighted by Gasteiger charge is -2.51. The molecule has 0 amide bonds. The van der Waals surface area contributed by atoms with Crippen LogP contribution in [-0.2, 0) is 16.0 Å². The summed E-state index contributed by atoms with van der Waals surface area (Å²) < 4.78 is 6.48. The van der Waals surface area contributed by atoms with Crippen molar-refractivity contribution in [3.8, 4) is 0 Å². The van der Waals surface area contributed by atoms with Gasteiger partial charge in [0.2, 0.25) is 0 Å². The Balaban J connectivity index is 1.44. The fraction of sp³-hybridized carbons (Fsp3) is 0.438. The Hall–Kier alpha value is -2.98. The van der Waals surface area contributed by atoms with Crippen LogP contribution in [-0.4, -0.2) is 35.0 Å². The van der Waals surface area contributed by atoms with Gasteiger partial charge in [0.1, 0.15) is 6.10 Å². The summed E-state index contributed by atoms with van der Waals surface area (Å²) in [6.45, 7) is 12.5. The standard InChI is InChI=1S/C32H38N2O2/c1-5-24-20-34-17-15-26(24)19-30(34)31(28-14-16-33-29-9-7-6-8-27(28)29)36-32(35)22(4)25-12-10-23(11-13-25)18-21(2)3/h5-14,16,21-22,24,26,30-31H,1,15,17-20H2,2-4H3/t22-,24-,26-,30-,31+/m0/s1. The van der Waals surface area contributed by atoms with Crippen molar-refractivity contribution in [2.45, 2.75) is 58.1 Å². The van der Waals surface area contributed by atoms with Crippen LogP contribution in [0.3, 0.4) is 0 Å². The fourth-order valence-corrected chi connectivity index (χ4v) is 6.18. The Labute approximate surface area is 215 Å². The molecule has 6 rings (SSSR count). The van der Waals surface area contributed by atoms with E-state index in [9.17, 15) is 4.79 Å². The summed E-state index contributed by atoms with van der Waals surface area (Å²) in [6, 6.07) is 18.8. The minimum Gasteiger partial charge on any atom is -0.455 e. The quantitative estimate of drug-likeness (QED) is 0.264. The minimum absolute atomic E-state index is 0.162. The molecule has 1 unspecified atom stereocenters. The normalized spacial score (nSPS) is 25.0. The average Bonchev–Trinajstić information content (AvgIpc) is 2.91. The van der Waals surface area contributed by atoms with E-state index in [1.165, 1.54) is 12.0 Å². The molecular weight excluding hydrogens is 444 g/mol. The molecule has 6 atom stereocenters. The van der Waals surface area contributed by atoms with Gasteiger partial charge in [-0.25, -0.2) is 0 Å². The summed E-state index contributed by atoms with van der Waals surface area (Å²) in [7, 11) is 0. The lowest BCUT2D eigenvalue weighted by Crippen LogP contribution is -2.55. The Kier molecular flexibility index (Phi) is 7.25. The second kappa shape index (κ2) is 10.6. The predicted molar refractivity (Wildman–Crippen MR) is 146 cm³/mol. The van der Waals surface area contributed by atoms with E-state index in [0.717, 1.165) is 48.0 Å². The molecule has 2 aromatic carbocycles. The number of esters is 1. The van der Waals surface area contributed by atoms with Gasteiger partial charge in [0.15, 0.2) is 0 Å². The van der Waals surface area contributed by atoms with Crippen molar-refractivity contribution in [1.29, 1.82) is 0 Å². The van der Waals surface area contributed by atoms with E-state index in [4.69, 9.17) is 4.74 Å². The largest absolute Gasteiger partial charge is 0.455 e. The van der Waals surface area contributed by atoms with Crippen LogP contribution in [0.4, 0.5) is 0 Å². The first-order valence-corrected chi connectivity index (χ1v) is 13.4. The van der Waals surface area contributed by atoms with E-state index in [-0.39, 0.29) is 24.0 Å². The summed E-state index contributed by atoms with van der Waals surface area (Å²) in [6.07, 6.45) is 6.87. The number of hydrogen-bond acceptors (Lipinski definition) is 4. The summed E-state index contributed by atoms with van der Waals surface area (Å²) in [4.78, 5) is 20.7. The van der Waals surface area contributed by atoms with Crippen LogP contribution < -0.4 is 0 Å². The first kappa shape index (κ1) is 24.7. The average molecular weight is 483 g/mol. The molecule has 3 aliphatic heterocycles. The molecule has 3 saturated heterocycles. The number of nitrogens with zero attached hydrogens (tertiary/aromatic N) is 2. The van der Waals surface area contributed by atoms with Crippen LogP contribution in [0.5, 0.6) is 0 Å². The van der Waals surface area contributed by atoms with E-state index in [1.54, 1.807) is 0 Å². The van der Waals surface area contributed by atoms with Crippen molar-refractivity contribution in [2.75, 3.05) is 13.1 Å². The van der Waals surface area contributed by atoms with Gasteiger partial charge in [0.25, 0.3) is 0 Å². The smallest absolute Gasteiger partial charge is 0.313 e. The highest BCUT2D eigenvalue weighted by Gasteiger charge is 2.44. The zero-order valence-corrected chi connectivity index (χ0v) is 21.8. The number of pyridine rings is 1. The lowest BCUT2D eigenvalue weighted by molar-refractivity contribution is -0.158. The molecule has 0 N–H and O–H groups in total. The maximum atomic E-state index is 13.6. The molecule has 0 spiro atoms. The third-order valence-corrected chi connectivity index (χ3v) is 8.21. The van der Waals surface area contributed by atoms with Gasteiger partial charge >= 0.3 is 5.97 Å². The molecule has 1 aromatic heterocycles. The van der Waals surface area contributed by atoms with Crippen LogP contribution in [0.2, 0.25) is 0 Å². The molecule has 0 radical (unpaired) electrons. The fourth-order valence-electron chi connectivity index (χ4n) is 6.18. The van der Waals surface area contributed by atoms with Crippen LogP contribution >= 0.6 is 0 Å². The van der Waals surface area contributed by atoms with Gasteiger partial charge in [-0.15, -0.1) is 6.58 Å². The van der Waals surface area contributed by atoms with Gasteiger partial charge in [-0.05, 0) is 73.7 Å². The van der Waals surface area contributed by atoms with Crippen molar-refractivity contribution in [3.05, 3.63) is 90.1 Å². The summed E-state index contributed by atoms with van der Waals surface area (Å²) in [5.74, 6) is 1.23. The SMILES string of the molecule is C=C[C@H]1CN2CC[C@H]1C[C@H]2[C@H](OC(=O)[C@@H](C)c1ccc(CC(C)C)cc1)c1ccnc2ccccc12. The van der Waals surface area contributed by atoms with E-state index in [2.05, 4.69) is 66.7 Å². The summed E-state index contributed by atoms with van der Waals surface area (Å²) in [5.41, 5.74) is 4.30. The molecular formula is C32H38N2O2. The van der Waals surface area contributed by atoms with Crippen LogP contribution in [0.15, 0.2) is 73.4 Å². The molecule has 4 heteroatoms. The number of benzene rings is 2. The van der Waals surface area contributed by atoms with Crippen LogP contribution in [0, 0.1) is 17.8 Å². The van der Waals surface area contributed by atoms with Gasteiger partial charge in [-0.3, -0.25) is 14.7 Å². The number of carbonyl (C=O) groups is 1. The van der Waals surface area contributed by atoms with E-state index in [1.807, 2.05) is 37.4 Å². The number of aromatic nitrogens is 1.